The van der Waals surface area contributed by atoms with Crippen LogP contribution < -0.4 is 9.47 Å². The molecule has 1 radical (unpaired) electrons. The molecule has 0 aromatic heterocycles. The van der Waals surface area contributed by atoms with Crippen LogP contribution in [0.3, 0.4) is 0 Å². The van der Waals surface area contributed by atoms with Crippen LogP contribution in [0, 0.1) is 0 Å². The summed E-state index contributed by atoms with van der Waals surface area (Å²) in [6.45, 7) is 0. The van der Waals surface area contributed by atoms with Gasteiger partial charge in [-0.3, -0.25) is 0 Å². The molecule has 0 aliphatic rings. The Morgan fingerprint density at radius 2 is 1.50 bits per heavy atom. The van der Waals surface area contributed by atoms with Crippen LogP contribution >= 0.6 is 0 Å². The van der Waals surface area contributed by atoms with Crippen LogP contribution in [0.4, 0.5) is 0 Å². The van der Waals surface area contributed by atoms with Crippen LogP contribution in [0.5, 0.6) is 11.5 Å². The molecule has 0 N–H and O–H groups in total. The van der Waals surface area contributed by atoms with Crippen molar-refractivity contribution in [1.29, 1.82) is 0 Å². The smallest absolute Gasteiger partial charge is 0.217 e. The van der Waals surface area contributed by atoms with Crippen molar-refractivity contribution in [1.82, 2.24) is 0 Å². The van der Waals surface area contributed by atoms with E-state index in [-0.39, 0.29) is 0 Å². The number of rotatable bonds is 4. The van der Waals surface area contributed by atoms with E-state index in [1.165, 1.54) is 21.3 Å². The van der Waals surface area contributed by atoms with Crippen molar-refractivity contribution < 1.29 is 19.3 Å². The second-order valence-corrected chi connectivity index (χ2v) is 2.71. The summed E-state index contributed by atoms with van der Waals surface area (Å²) in [5.41, 5.74) is 0.490. The number of hydrogen-bond acceptors (Lipinski definition) is 3. The zero-order valence-electron chi connectivity index (χ0n) is 8.44. The molecule has 1 aromatic carbocycles. The summed E-state index contributed by atoms with van der Waals surface area (Å²) in [4.78, 5) is 0. The minimum Gasteiger partial charge on any atom is -0.497 e. The zero-order valence-corrected chi connectivity index (χ0v) is 8.44. The molecule has 0 spiro atoms. The molecular formula is C10H13O4. The van der Waals surface area contributed by atoms with Crippen LogP contribution in [-0.4, -0.2) is 21.3 Å². The monoisotopic (exact) mass is 197 g/mol. The van der Waals surface area contributed by atoms with Crippen LogP contribution in [0.2, 0.25) is 0 Å². The molecule has 1 rings (SSSR count). The van der Waals surface area contributed by atoms with E-state index in [2.05, 4.69) is 4.74 Å². The fourth-order valence-corrected chi connectivity index (χ4v) is 1.10. The molecule has 1 atom stereocenters. The lowest BCUT2D eigenvalue weighted by molar-refractivity contribution is -0.123. The first-order valence-electron chi connectivity index (χ1n) is 4.13. The normalized spacial score (nSPS) is 12.3. The van der Waals surface area contributed by atoms with Gasteiger partial charge in [0.2, 0.25) is 6.29 Å². The van der Waals surface area contributed by atoms with E-state index in [9.17, 15) is 5.11 Å². The first-order valence-corrected chi connectivity index (χ1v) is 4.13. The van der Waals surface area contributed by atoms with Gasteiger partial charge >= 0.3 is 0 Å². The molecule has 1 aromatic rings. The van der Waals surface area contributed by atoms with Crippen molar-refractivity contribution in [2.24, 2.45) is 0 Å². The largest absolute Gasteiger partial charge is 0.497 e. The van der Waals surface area contributed by atoms with E-state index < -0.39 is 6.29 Å². The van der Waals surface area contributed by atoms with Crippen LogP contribution in [0.1, 0.15) is 11.9 Å². The Hall–Kier alpha value is -1.26. The van der Waals surface area contributed by atoms with E-state index in [0.29, 0.717) is 17.1 Å². The molecule has 77 valence electrons. The molecule has 0 fully saturated rings. The molecule has 4 nitrogen and oxygen atoms in total. The maximum atomic E-state index is 11.3. The maximum Gasteiger partial charge on any atom is 0.217 e. The van der Waals surface area contributed by atoms with Crippen molar-refractivity contribution in [3.8, 4) is 11.5 Å². The molecule has 0 heterocycles. The summed E-state index contributed by atoms with van der Waals surface area (Å²) in [5.74, 6) is 1.16. The Morgan fingerprint density at radius 1 is 1.00 bits per heavy atom. The van der Waals surface area contributed by atoms with E-state index in [4.69, 9.17) is 9.47 Å². The van der Waals surface area contributed by atoms with Crippen molar-refractivity contribution >= 4 is 0 Å². The summed E-state index contributed by atoms with van der Waals surface area (Å²) in [7, 11) is 4.43. The van der Waals surface area contributed by atoms with Crippen molar-refractivity contribution in [2.75, 3.05) is 21.3 Å². The highest BCUT2D eigenvalue weighted by Gasteiger charge is 2.10. The highest BCUT2D eigenvalue weighted by Crippen LogP contribution is 2.26. The predicted molar refractivity (Wildman–Crippen MR) is 50.0 cm³/mol. The fourth-order valence-electron chi connectivity index (χ4n) is 1.10. The molecule has 0 aliphatic heterocycles. The average molecular weight is 197 g/mol. The first kappa shape index (κ1) is 10.8. The van der Waals surface area contributed by atoms with Gasteiger partial charge in [-0.1, -0.05) is 0 Å². The van der Waals surface area contributed by atoms with Gasteiger partial charge in [0, 0.05) is 18.7 Å². The number of hydrogen-bond donors (Lipinski definition) is 0. The van der Waals surface area contributed by atoms with E-state index in [0.717, 1.165) is 0 Å². The highest BCUT2D eigenvalue weighted by molar-refractivity contribution is 5.38. The average Bonchev–Trinajstić information content (AvgIpc) is 2.27. The van der Waals surface area contributed by atoms with Gasteiger partial charge in [0.05, 0.1) is 14.2 Å². The molecule has 0 bridgehead atoms. The summed E-state index contributed by atoms with van der Waals surface area (Å²) < 4.78 is 14.7. The number of benzene rings is 1. The van der Waals surface area contributed by atoms with E-state index >= 15 is 0 Å². The molecule has 0 saturated heterocycles. The number of ether oxygens (including phenoxy) is 3. The van der Waals surface area contributed by atoms with Gasteiger partial charge in [0.1, 0.15) is 11.5 Å². The Kier molecular flexibility index (Phi) is 3.73. The highest BCUT2D eigenvalue weighted by atomic mass is 16.6. The lowest BCUT2D eigenvalue weighted by Gasteiger charge is -2.10. The van der Waals surface area contributed by atoms with Gasteiger partial charge in [-0.2, -0.15) is 5.11 Å². The minimum absolute atomic E-state index is 0.490. The van der Waals surface area contributed by atoms with E-state index in [1.54, 1.807) is 18.2 Å². The molecular weight excluding hydrogens is 184 g/mol. The van der Waals surface area contributed by atoms with Crippen LogP contribution in [0.15, 0.2) is 18.2 Å². The Bertz CT molecular complexity index is 276. The molecule has 4 heteroatoms. The minimum atomic E-state index is -1.21. The van der Waals surface area contributed by atoms with E-state index in [1.807, 2.05) is 0 Å². The second-order valence-electron chi connectivity index (χ2n) is 2.71. The zero-order chi connectivity index (χ0) is 10.6. The molecule has 1 unspecified atom stereocenters. The second kappa shape index (κ2) is 4.83. The standard InChI is InChI=1S/C10H13O4/c1-12-8-4-7(10(11)14-3)5-9(6-8)13-2/h4-6,10H,1-3H3. The third-order valence-electron chi connectivity index (χ3n) is 1.86. The van der Waals surface area contributed by atoms with Gasteiger partial charge in [-0.25, -0.2) is 0 Å². The van der Waals surface area contributed by atoms with Crippen LogP contribution in [-0.2, 0) is 9.84 Å². The van der Waals surface area contributed by atoms with Crippen LogP contribution in [0.25, 0.3) is 0 Å². The van der Waals surface area contributed by atoms with Crippen molar-refractivity contribution in [3.05, 3.63) is 23.8 Å². The lowest BCUT2D eigenvalue weighted by atomic mass is 10.2. The summed E-state index contributed by atoms with van der Waals surface area (Å²) in [6, 6.07) is 4.96. The Labute approximate surface area is 83.0 Å². The molecule has 0 aliphatic carbocycles. The van der Waals surface area contributed by atoms with Gasteiger partial charge < -0.3 is 14.2 Å². The number of methoxy groups -OCH3 is 3. The molecule has 14 heavy (non-hydrogen) atoms. The predicted octanol–water partition coefficient (Wildman–Crippen LogP) is 1.78. The van der Waals surface area contributed by atoms with Gasteiger partial charge in [0.15, 0.2) is 0 Å². The lowest BCUT2D eigenvalue weighted by Crippen LogP contribution is -1.99. The molecule has 0 amide bonds. The Balaban J connectivity index is 3.04. The van der Waals surface area contributed by atoms with Gasteiger partial charge in [-0.15, -0.1) is 0 Å². The maximum absolute atomic E-state index is 11.3. The summed E-state index contributed by atoms with van der Waals surface area (Å²) >= 11 is 0. The topological polar surface area (TPSA) is 47.6 Å². The van der Waals surface area contributed by atoms with Gasteiger partial charge in [-0.05, 0) is 12.1 Å². The van der Waals surface area contributed by atoms with Gasteiger partial charge in [0.25, 0.3) is 0 Å². The summed E-state index contributed by atoms with van der Waals surface area (Å²) in [5, 5.41) is 11.3. The van der Waals surface area contributed by atoms with Crippen molar-refractivity contribution in [3.63, 3.8) is 0 Å². The first-order chi connectivity index (χ1) is 6.71. The summed E-state index contributed by atoms with van der Waals surface area (Å²) in [6.07, 6.45) is -1.21. The quantitative estimate of drug-likeness (QED) is 0.691. The third-order valence-corrected chi connectivity index (χ3v) is 1.86. The SMILES string of the molecule is COc1cc(OC)cc(C([O])OC)c1. The Morgan fingerprint density at radius 3 is 1.86 bits per heavy atom. The van der Waals surface area contributed by atoms with Crippen molar-refractivity contribution in [2.45, 2.75) is 6.29 Å². The molecule has 0 saturated carbocycles. The third kappa shape index (κ3) is 2.37. The fraction of sp³-hybridized carbons (Fsp3) is 0.400.